The molecule has 0 spiro atoms. The molecule has 3 aromatic rings. The molecular formula is C22H23N3O5. The topological polar surface area (TPSA) is 93.9 Å². The Morgan fingerprint density at radius 3 is 2.87 bits per heavy atom. The van der Waals surface area contributed by atoms with Crippen LogP contribution in [0.5, 0.6) is 5.75 Å². The van der Waals surface area contributed by atoms with Gasteiger partial charge in [0.2, 0.25) is 11.8 Å². The van der Waals surface area contributed by atoms with E-state index in [0.29, 0.717) is 30.7 Å². The minimum atomic E-state index is -0.487. The normalized spacial score (nSPS) is 20.6. The molecule has 8 heteroatoms. The molecule has 0 saturated carbocycles. The largest absolute Gasteiger partial charge is 0.492 e. The Labute approximate surface area is 173 Å². The van der Waals surface area contributed by atoms with Crippen molar-refractivity contribution in [1.29, 1.82) is 0 Å². The summed E-state index contributed by atoms with van der Waals surface area (Å²) in [6.45, 7) is 4.92. The van der Waals surface area contributed by atoms with Gasteiger partial charge in [-0.15, -0.1) is 0 Å². The summed E-state index contributed by atoms with van der Waals surface area (Å²) >= 11 is 0. The highest BCUT2D eigenvalue weighted by molar-refractivity contribution is 6.10. The van der Waals surface area contributed by atoms with Gasteiger partial charge in [-0.05, 0) is 41.5 Å². The summed E-state index contributed by atoms with van der Waals surface area (Å²) in [6.07, 6.45) is 0.738. The first-order valence-corrected chi connectivity index (χ1v) is 10.3. The third-order valence-corrected chi connectivity index (χ3v) is 5.80. The Hall–Kier alpha value is -2.97. The molecule has 0 radical (unpaired) electrons. The maximum atomic E-state index is 12.3. The Morgan fingerprint density at radius 2 is 2.03 bits per heavy atom. The molecule has 2 aromatic carbocycles. The van der Waals surface area contributed by atoms with Crippen LogP contribution in [0.1, 0.15) is 24.5 Å². The number of carbonyl (C=O) groups is 2. The van der Waals surface area contributed by atoms with Gasteiger partial charge in [-0.3, -0.25) is 19.8 Å². The third-order valence-electron chi connectivity index (χ3n) is 5.80. The number of aromatic nitrogens is 1. The number of hydrogen-bond donors (Lipinski definition) is 1. The van der Waals surface area contributed by atoms with E-state index in [1.807, 2.05) is 30.3 Å². The van der Waals surface area contributed by atoms with Crippen LogP contribution in [0.4, 0.5) is 0 Å². The van der Waals surface area contributed by atoms with Gasteiger partial charge in [-0.25, -0.2) is 0 Å². The number of piperidine rings is 1. The van der Waals surface area contributed by atoms with Crippen LogP contribution in [0.15, 0.2) is 34.9 Å². The van der Waals surface area contributed by atoms with Crippen molar-refractivity contribution in [2.24, 2.45) is 0 Å². The van der Waals surface area contributed by atoms with Crippen molar-refractivity contribution in [3.05, 3.63) is 36.0 Å². The van der Waals surface area contributed by atoms with Crippen LogP contribution in [0, 0.1) is 0 Å². The smallest absolute Gasteiger partial charge is 0.235 e. The average molecular weight is 409 g/mol. The van der Waals surface area contributed by atoms with Crippen molar-refractivity contribution in [2.45, 2.75) is 18.8 Å². The number of nitrogens with zero attached hydrogens (tertiary/aromatic N) is 2. The van der Waals surface area contributed by atoms with Gasteiger partial charge in [0.25, 0.3) is 0 Å². The highest BCUT2D eigenvalue weighted by Crippen LogP contribution is 2.36. The summed E-state index contributed by atoms with van der Waals surface area (Å²) in [6, 6.07) is 9.73. The van der Waals surface area contributed by atoms with Gasteiger partial charge in [0.1, 0.15) is 18.1 Å². The van der Waals surface area contributed by atoms with Crippen molar-refractivity contribution in [3.63, 3.8) is 0 Å². The highest BCUT2D eigenvalue weighted by Gasteiger charge is 2.32. The van der Waals surface area contributed by atoms with Crippen LogP contribution in [0.2, 0.25) is 0 Å². The van der Waals surface area contributed by atoms with Crippen molar-refractivity contribution in [3.8, 4) is 5.75 Å². The standard InChI is InChI=1S/C22H23N3O5/c26-19-6-4-17(22(27)23-19)21-20-16-3-2-15(13-14(16)1-5-18(20)30-24-21)29-12-9-25-7-10-28-11-8-25/h1-3,5,13,17H,4,6-12H2,(H,23,26,27)/t17-/m0/s1. The zero-order valence-electron chi connectivity index (χ0n) is 16.6. The van der Waals surface area contributed by atoms with Crippen LogP contribution in [0.3, 0.4) is 0 Å². The molecule has 0 aliphatic carbocycles. The summed E-state index contributed by atoms with van der Waals surface area (Å²) in [7, 11) is 0. The Bertz CT molecular complexity index is 1100. The van der Waals surface area contributed by atoms with Crippen molar-refractivity contribution in [1.82, 2.24) is 15.4 Å². The number of ether oxygens (including phenoxy) is 2. The molecule has 0 bridgehead atoms. The molecule has 2 amide bonds. The second-order valence-electron chi connectivity index (χ2n) is 7.70. The fourth-order valence-electron chi connectivity index (χ4n) is 4.17. The first-order chi connectivity index (χ1) is 14.7. The first-order valence-electron chi connectivity index (χ1n) is 10.3. The summed E-state index contributed by atoms with van der Waals surface area (Å²) in [5, 5.41) is 9.34. The highest BCUT2D eigenvalue weighted by atomic mass is 16.5. The molecule has 8 nitrogen and oxygen atoms in total. The van der Waals surface area contributed by atoms with Gasteiger partial charge in [0.15, 0.2) is 5.58 Å². The van der Waals surface area contributed by atoms with Gasteiger partial charge in [0.05, 0.1) is 24.5 Å². The number of morpholine rings is 1. The molecule has 1 N–H and O–H groups in total. The van der Waals surface area contributed by atoms with Crippen LogP contribution in [-0.4, -0.2) is 61.3 Å². The van der Waals surface area contributed by atoms with Crippen LogP contribution in [-0.2, 0) is 14.3 Å². The lowest BCUT2D eigenvalue weighted by Gasteiger charge is -2.26. The number of amides is 2. The van der Waals surface area contributed by atoms with E-state index in [4.69, 9.17) is 14.0 Å². The first kappa shape index (κ1) is 19.0. The van der Waals surface area contributed by atoms with Crippen LogP contribution >= 0.6 is 0 Å². The van der Waals surface area contributed by atoms with E-state index >= 15 is 0 Å². The predicted octanol–water partition coefficient (Wildman–Crippen LogP) is 2.21. The fourth-order valence-corrected chi connectivity index (χ4v) is 4.17. The number of rotatable bonds is 5. The van der Waals surface area contributed by atoms with E-state index in [-0.39, 0.29) is 11.8 Å². The lowest BCUT2D eigenvalue weighted by atomic mass is 9.91. The Morgan fingerprint density at radius 1 is 1.17 bits per heavy atom. The Kier molecular flexibility index (Phi) is 5.10. The zero-order valence-corrected chi connectivity index (χ0v) is 16.6. The number of benzene rings is 2. The molecule has 5 rings (SSSR count). The maximum Gasteiger partial charge on any atom is 0.235 e. The maximum absolute atomic E-state index is 12.3. The van der Waals surface area contributed by atoms with Crippen molar-refractivity contribution >= 4 is 33.6 Å². The second kappa shape index (κ2) is 8.04. The van der Waals surface area contributed by atoms with E-state index in [9.17, 15) is 9.59 Å². The minimum Gasteiger partial charge on any atom is -0.492 e. The lowest BCUT2D eigenvalue weighted by Crippen LogP contribution is -2.39. The molecule has 2 aliphatic rings. The predicted molar refractivity (Wildman–Crippen MR) is 109 cm³/mol. The summed E-state index contributed by atoms with van der Waals surface area (Å²) < 4.78 is 16.8. The van der Waals surface area contributed by atoms with E-state index in [1.165, 1.54) is 0 Å². The van der Waals surface area contributed by atoms with Crippen LogP contribution < -0.4 is 10.1 Å². The lowest BCUT2D eigenvalue weighted by molar-refractivity contribution is -0.134. The van der Waals surface area contributed by atoms with E-state index in [0.717, 1.165) is 54.8 Å². The van der Waals surface area contributed by atoms with E-state index < -0.39 is 5.92 Å². The number of imide groups is 1. The summed E-state index contributed by atoms with van der Waals surface area (Å²) in [5.41, 5.74) is 1.21. The monoisotopic (exact) mass is 409 g/mol. The average Bonchev–Trinajstić information content (AvgIpc) is 3.19. The third kappa shape index (κ3) is 3.64. The summed E-state index contributed by atoms with van der Waals surface area (Å²) in [5.74, 6) is -0.248. The minimum absolute atomic E-state index is 0.243. The van der Waals surface area contributed by atoms with Crippen molar-refractivity contribution < 1.29 is 23.6 Å². The molecule has 2 aliphatic heterocycles. The van der Waals surface area contributed by atoms with E-state index in [1.54, 1.807) is 0 Å². The quantitative estimate of drug-likeness (QED) is 0.646. The number of hydrogen-bond acceptors (Lipinski definition) is 7. The van der Waals surface area contributed by atoms with Gasteiger partial charge in [-0.1, -0.05) is 11.2 Å². The molecule has 3 heterocycles. The number of nitrogens with one attached hydrogen (secondary N) is 1. The second-order valence-corrected chi connectivity index (χ2v) is 7.70. The zero-order chi connectivity index (χ0) is 20.5. The molecule has 0 unspecified atom stereocenters. The molecule has 1 atom stereocenters. The number of fused-ring (bicyclic) bond motifs is 3. The number of carbonyl (C=O) groups excluding carboxylic acids is 2. The molecule has 30 heavy (non-hydrogen) atoms. The molecule has 1 aromatic heterocycles. The van der Waals surface area contributed by atoms with Gasteiger partial charge in [0, 0.05) is 26.1 Å². The molecule has 2 saturated heterocycles. The molecule has 156 valence electrons. The van der Waals surface area contributed by atoms with E-state index in [2.05, 4.69) is 15.4 Å². The van der Waals surface area contributed by atoms with Crippen molar-refractivity contribution in [2.75, 3.05) is 39.5 Å². The fraction of sp³-hybridized carbons (Fsp3) is 0.409. The Balaban J connectivity index is 1.39. The van der Waals surface area contributed by atoms with Crippen LogP contribution in [0.25, 0.3) is 21.7 Å². The summed E-state index contributed by atoms with van der Waals surface area (Å²) in [4.78, 5) is 26.2. The molecule has 2 fully saturated rings. The molecular weight excluding hydrogens is 386 g/mol. The van der Waals surface area contributed by atoms with Gasteiger partial charge in [-0.2, -0.15) is 0 Å². The van der Waals surface area contributed by atoms with Gasteiger partial charge < -0.3 is 14.0 Å². The SMILES string of the molecule is O=C1CC[C@@H](c2noc3ccc4cc(OCCN5CCOCC5)ccc4c23)C(=O)N1. The van der Waals surface area contributed by atoms with Gasteiger partial charge >= 0.3 is 0 Å².